The molecule has 0 fully saturated rings. The molecule has 2 aromatic carbocycles. The molecular weight excluding hydrogens is 450 g/mol. The topological polar surface area (TPSA) is 168 Å². The van der Waals surface area contributed by atoms with Gasteiger partial charge in [0.15, 0.2) is 0 Å². The van der Waals surface area contributed by atoms with Crippen molar-refractivity contribution >= 4 is 34.6 Å². The molecule has 2 amide bonds. The molecule has 0 aliphatic heterocycles. The van der Waals surface area contributed by atoms with Crippen LogP contribution in [-0.4, -0.2) is 50.0 Å². The number of nitrogens with one attached hydrogen (secondary N) is 2. The fourth-order valence-corrected chi connectivity index (χ4v) is 3.61. The molecule has 0 aliphatic rings. The third-order valence-electron chi connectivity index (χ3n) is 5.39. The highest BCUT2D eigenvalue weighted by molar-refractivity contribution is 5.96. The molecule has 0 radical (unpaired) electrons. The van der Waals surface area contributed by atoms with Crippen molar-refractivity contribution < 1.29 is 24.6 Å². The van der Waals surface area contributed by atoms with Gasteiger partial charge in [-0.2, -0.15) is 4.98 Å². The summed E-state index contributed by atoms with van der Waals surface area (Å²) in [6.45, 7) is 3.63. The molecule has 0 bridgehead atoms. The number of anilines is 1. The van der Waals surface area contributed by atoms with Crippen LogP contribution in [0.3, 0.4) is 0 Å². The Bertz CT molecular complexity index is 1230. The average Bonchev–Trinajstić information content (AvgIpc) is 2.80. The molecule has 10 heteroatoms. The normalized spacial score (nSPS) is 11.9. The summed E-state index contributed by atoms with van der Waals surface area (Å²) in [6.07, 6.45) is 1.37. The number of aromatic hydroxyl groups is 1. The van der Waals surface area contributed by atoms with Crippen LogP contribution in [0.5, 0.6) is 5.88 Å². The highest BCUT2D eigenvalue weighted by Crippen LogP contribution is 2.24. The van der Waals surface area contributed by atoms with Crippen LogP contribution < -0.4 is 16.4 Å². The third-order valence-corrected chi connectivity index (χ3v) is 5.39. The summed E-state index contributed by atoms with van der Waals surface area (Å²) in [5.74, 6) is -2.12. The molecule has 10 nitrogen and oxygen atoms in total. The lowest BCUT2D eigenvalue weighted by Gasteiger charge is -2.15. The molecule has 1 heterocycles. The Morgan fingerprint density at radius 3 is 2.29 bits per heavy atom. The quantitative estimate of drug-likeness (QED) is 0.295. The molecule has 0 saturated carbocycles. The Balaban J connectivity index is 1.57. The molecule has 184 valence electrons. The maximum absolute atomic E-state index is 12.5. The number of aliphatic carboxylic acids is 1. The van der Waals surface area contributed by atoms with Crippen molar-refractivity contribution in [3.63, 3.8) is 0 Å². The summed E-state index contributed by atoms with van der Waals surface area (Å²) in [4.78, 5) is 43.7. The molecule has 0 saturated heterocycles. The number of rotatable bonds is 10. The predicted octanol–water partition coefficient (Wildman–Crippen LogP) is 2.19. The summed E-state index contributed by atoms with van der Waals surface area (Å²) in [6, 6.07) is 11.2. The number of nitrogens with zero attached hydrogens (tertiary/aromatic N) is 2. The standard InChI is InChI=1S/C25H29N5O5/c1-14(2)27-21(31)12-11-20(24(34)35)28-22(32)17-8-5-15(6-9-17)3-4-16-7-10-19-18(13-16)23(33)30-25(26)29-19/h5-10,13-14,20H,3-4,11-12H2,1-2H3,(H,27,31)(H,28,32)(H,34,35)(H3,26,29,30,33)/t20-/m0/s1. The Hall–Kier alpha value is -4.21. The van der Waals surface area contributed by atoms with E-state index in [1.165, 1.54) is 0 Å². The van der Waals surface area contributed by atoms with Crippen molar-refractivity contribution in [3.05, 3.63) is 59.2 Å². The number of benzene rings is 2. The van der Waals surface area contributed by atoms with Crippen molar-refractivity contribution in [3.8, 4) is 5.88 Å². The molecule has 1 atom stereocenters. The van der Waals surface area contributed by atoms with Crippen molar-refractivity contribution in [1.29, 1.82) is 0 Å². The number of aryl methyl sites for hydroxylation is 2. The molecule has 35 heavy (non-hydrogen) atoms. The lowest BCUT2D eigenvalue weighted by Crippen LogP contribution is -2.42. The lowest BCUT2D eigenvalue weighted by molar-refractivity contribution is -0.139. The van der Waals surface area contributed by atoms with E-state index in [4.69, 9.17) is 5.73 Å². The van der Waals surface area contributed by atoms with Gasteiger partial charge in [0.2, 0.25) is 17.7 Å². The molecule has 0 unspecified atom stereocenters. The Morgan fingerprint density at radius 2 is 1.63 bits per heavy atom. The van der Waals surface area contributed by atoms with Crippen LogP contribution in [0.15, 0.2) is 42.5 Å². The second-order valence-electron chi connectivity index (χ2n) is 8.58. The number of hydrogen-bond donors (Lipinski definition) is 5. The number of carbonyl (C=O) groups excluding carboxylic acids is 2. The van der Waals surface area contributed by atoms with Gasteiger partial charge in [-0.25, -0.2) is 9.78 Å². The van der Waals surface area contributed by atoms with E-state index in [2.05, 4.69) is 20.6 Å². The van der Waals surface area contributed by atoms with Gasteiger partial charge in [0.25, 0.3) is 5.91 Å². The lowest BCUT2D eigenvalue weighted by atomic mass is 10.0. The fourth-order valence-electron chi connectivity index (χ4n) is 3.61. The molecule has 3 rings (SSSR count). The van der Waals surface area contributed by atoms with E-state index in [0.29, 0.717) is 29.3 Å². The Kier molecular flexibility index (Phi) is 8.19. The number of fused-ring (bicyclic) bond motifs is 1. The highest BCUT2D eigenvalue weighted by Gasteiger charge is 2.22. The summed E-state index contributed by atoms with van der Waals surface area (Å²) in [5.41, 5.74) is 8.42. The van der Waals surface area contributed by atoms with Crippen LogP contribution >= 0.6 is 0 Å². The number of nitrogen functional groups attached to an aromatic ring is 1. The molecule has 0 aliphatic carbocycles. The molecule has 3 aromatic rings. The van der Waals surface area contributed by atoms with Crippen molar-refractivity contribution in [1.82, 2.24) is 20.6 Å². The zero-order valence-electron chi connectivity index (χ0n) is 19.6. The molecule has 6 N–H and O–H groups in total. The minimum Gasteiger partial charge on any atom is -0.493 e. The number of aromatic nitrogens is 2. The average molecular weight is 480 g/mol. The van der Waals surface area contributed by atoms with Crippen molar-refractivity contribution in [2.75, 3.05) is 5.73 Å². The van der Waals surface area contributed by atoms with Gasteiger partial charge in [-0.1, -0.05) is 18.2 Å². The zero-order valence-corrected chi connectivity index (χ0v) is 19.6. The van der Waals surface area contributed by atoms with E-state index < -0.39 is 17.9 Å². The van der Waals surface area contributed by atoms with Crippen molar-refractivity contribution in [2.45, 2.75) is 51.6 Å². The summed E-state index contributed by atoms with van der Waals surface area (Å²) >= 11 is 0. The Morgan fingerprint density at radius 1 is 0.971 bits per heavy atom. The van der Waals surface area contributed by atoms with Crippen LogP contribution in [0.4, 0.5) is 5.95 Å². The van der Waals surface area contributed by atoms with Gasteiger partial charge in [-0.05, 0) is 68.5 Å². The second-order valence-corrected chi connectivity index (χ2v) is 8.58. The van der Waals surface area contributed by atoms with Crippen LogP contribution in [0, 0.1) is 0 Å². The Labute approximate surface area is 202 Å². The SMILES string of the molecule is CC(C)NC(=O)CC[C@H](NC(=O)c1ccc(CCc2ccc3nc(N)nc(O)c3c2)cc1)C(=O)O. The van der Waals surface area contributed by atoms with Gasteiger partial charge in [0.1, 0.15) is 6.04 Å². The summed E-state index contributed by atoms with van der Waals surface area (Å²) in [5, 5.41) is 25.1. The summed E-state index contributed by atoms with van der Waals surface area (Å²) in [7, 11) is 0. The van der Waals surface area contributed by atoms with Crippen LogP contribution in [-0.2, 0) is 22.4 Å². The number of carbonyl (C=O) groups is 3. The van der Waals surface area contributed by atoms with E-state index in [0.717, 1.165) is 11.1 Å². The highest BCUT2D eigenvalue weighted by atomic mass is 16.4. The van der Waals surface area contributed by atoms with Gasteiger partial charge in [-0.3, -0.25) is 9.59 Å². The number of carboxylic acids is 1. The van der Waals surface area contributed by atoms with E-state index in [9.17, 15) is 24.6 Å². The predicted molar refractivity (Wildman–Crippen MR) is 131 cm³/mol. The van der Waals surface area contributed by atoms with E-state index in [1.807, 2.05) is 38.1 Å². The molecule has 1 aromatic heterocycles. The fraction of sp³-hybridized carbons (Fsp3) is 0.320. The maximum Gasteiger partial charge on any atom is 0.326 e. The monoisotopic (exact) mass is 479 g/mol. The number of nitrogens with two attached hydrogens (primary N) is 1. The smallest absolute Gasteiger partial charge is 0.326 e. The summed E-state index contributed by atoms with van der Waals surface area (Å²) < 4.78 is 0. The minimum atomic E-state index is -1.19. The van der Waals surface area contributed by atoms with Gasteiger partial charge in [-0.15, -0.1) is 0 Å². The van der Waals surface area contributed by atoms with Crippen LogP contribution in [0.1, 0.15) is 48.2 Å². The van der Waals surface area contributed by atoms with E-state index in [-0.39, 0.29) is 36.6 Å². The van der Waals surface area contributed by atoms with Crippen molar-refractivity contribution in [2.24, 2.45) is 0 Å². The number of amides is 2. The van der Waals surface area contributed by atoms with Gasteiger partial charge in [0, 0.05) is 18.0 Å². The first-order chi connectivity index (χ1) is 16.6. The maximum atomic E-state index is 12.5. The molecule has 0 spiro atoms. The van der Waals surface area contributed by atoms with E-state index >= 15 is 0 Å². The third kappa shape index (κ3) is 7.13. The van der Waals surface area contributed by atoms with Crippen LogP contribution in [0.2, 0.25) is 0 Å². The number of carboxylic acid groups (broad SMARTS) is 1. The first-order valence-corrected chi connectivity index (χ1v) is 11.3. The largest absolute Gasteiger partial charge is 0.493 e. The first kappa shape index (κ1) is 25.4. The van der Waals surface area contributed by atoms with Gasteiger partial charge in [0.05, 0.1) is 10.9 Å². The molecular formula is C25H29N5O5. The number of hydrogen-bond acceptors (Lipinski definition) is 7. The zero-order chi connectivity index (χ0) is 25.5. The van der Waals surface area contributed by atoms with Gasteiger partial charge < -0.3 is 26.6 Å². The van der Waals surface area contributed by atoms with E-state index in [1.54, 1.807) is 18.2 Å². The first-order valence-electron chi connectivity index (χ1n) is 11.3. The van der Waals surface area contributed by atoms with Crippen LogP contribution in [0.25, 0.3) is 10.9 Å². The van der Waals surface area contributed by atoms with Gasteiger partial charge >= 0.3 is 5.97 Å². The minimum absolute atomic E-state index is 0.000418. The second kappa shape index (κ2) is 11.3.